The number of nitrogens with zero attached hydrogens (tertiary/aromatic N) is 1. The standard InChI is InChI=1S/C20H19NO2/c1-13-8-14(2)20-17(9-13)18(22)10-19(23-20)21-11-16(12-21)15-6-4-3-5-7-15/h3-10,16H,11-12H2,1-2H3. The minimum absolute atomic E-state index is 0.0382. The molecule has 3 nitrogen and oxygen atoms in total. The van der Waals surface area contributed by atoms with Gasteiger partial charge in [-0.1, -0.05) is 36.4 Å². The van der Waals surface area contributed by atoms with Crippen molar-refractivity contribution >= 4 is 16.9 Å². The summed E-state index contributed by atoms with van der Waals surface area (Å²) >= 11 is 0. The fourth-order valence-corrected chi connectivity index (χ4v) is 3.35. The van der Waals surface area contributed by atoms with E-state index < -0.39 is 0 Å². The highest BCUT2D eigenvalue weighted by Crippen LogP contribution is 2.32. The summed E-state index contributed by atoms with van der Waals surface area (Å²) in [5, 5.41) is 0.673. The van der Waals surface area contributed by atoms with Gasteiger partial charge in [0.15, 0.2) is 11.3 Å². The molecule has 0 amide bonds. The third-order valence-electron chi connectivity index (χ3n) is 4.61. The van der Waals surface area contributed by atoms with Gasteiger partial charge in [0, 0.05) is 25.1 Å². The van der Waals surface area contributed by atoms with Crippen molar-refractivity contribution in [1.82, 2.24) is 0 Å². The van der Waals surface area contributed by atoms with Crippen molar-refractivity contribution in [2.75, 3.05) is 18.0 Å². The molecule has 3 heteroatoms. The van der Waals surface area contributed by atoms with Crippen LogP contribution in [0.15, 0.2) is 57.7 Å². The number of rotatable bonds is 2. The fourth-order valence-electron chi connectivity index (χ4n) is 3.35. The van der Waals surface area contributed by atoms with E-state index in [-0.39, 0.29) is 5.43 Å². The maximum absolute atomic E-state index is 12.4. The van der Waals surface area contributed by atoms with Crippen LogP contribution < -0.4 is 10.3 Å². The normalized spacial score (nSPS) is 15.0. The SMILES string of the molecule is Cc1cc(C)c2oc(N3CC(c4ccccc4)C3)cc(=O)c2c1. The Morgan fingerprint density at radius 2 is 1.78 bits per heavy atom. The van der Waals surface area contributed by atoms with Gasteiger partial charge in [-0.25, -0.2) is 0 Å². The molecule has 0 bridgehead atoms. The number of hydrogen-bond acceptors (Lipinski definition) is 3. The molecule has 1 aliphatic heterocycles. The summed E-state index contributed by atoms with van der Waals surface area (Å²) in [5.41, 5.74) is 4.19. The van der Waals surface area contributed by atoms with Gasteiger partial charge >= 0.3 is 0 Å². The number of aryl methyl sites for hydroxylation is 2. The molecule has 0 saturated carbocycles. The largest absolute Gasteiger partial charge is 0.440 e. The highest BCUT2D eigenvalue weighted by Gasteiger charge is 2.30. The van der Waals surface area contributed by atoms with Crippen molar-refractivity contribution in [3.05, 3.63) is 75.4 Å². The molecular weight excluding hydrogens is 286 g/mol. The van der Waals surface area contributed by atoms with Crippen molar-refractivity contribution in [2.45, 2.75) is 19.8 Å². The van der Waals surface area contributed by atoms with Gasteiger partial charge in [-0.2, -0.15) is 0 Å². The third-order valence-corrected chi connectivity index (χ3v) is 4.61. The van der Waals surface area contributed by atoms with Gasteiger partial charge in [-0.05, 0) is 36.6 Å². The van der Waals surface area contributed by atoms with Crippen LogP contribution in [0.5, 0.6) is 0 Å². The molecule has 1 fully saturated rings. The third kappa shape index (κ3) is 2.42. The topological polar surface area (TPSA) is 33.5 Å². The maximum Gasteiger partial charge on any atom is 0.200 e. The van der Waals surface area contributed by atoms with Gasteiger partial charge < -0.3 is 9.32 Å². The maximum atomic E-state index is 12.4. The molecule has 1 saturated heterocycles. The van der Waals surface area contributed by atoms with Gasteiger partial charge in [-0.3, -0.25) is 4.79 Å². The Balaban J connectivity index is 1.65. The monoisotopic (exact) mass is 305 g/mol. The molecule has 4 rings (SSSR count). The summed E-state index contributed by atoms with van der Waals surface area (Å²) < 4.78 is 6.04. The lowest BCUT2D eigenvalue weighted by Crippen LogP contribution is -2.45. The van der Waals surface area contributed by atoms with Crippen LogP contribution in [0.4, 0.5) is 5.88 Å². The Labute approximate surface area is 135 Å². The Kier molecular flexibility index (Phi) is 3.22. The van der Waals surface area contributed by atoms with Crippen LogP contribution in [0.25, 0.3) is 11.0 Å². The van der Waals surface area contributed by atoms with E-state index in [0.29, 0.717) is 22.8 Å². The lowest BCUT2D eigenvalue weighted by molar-refractivity contribution is 0.466. The molecular formula is C20H19NO2. The van der Waals surface area contributed by atoms with Crippen LogP contribution in [0.3, 0.4) is 0 Å². The summed E-state index contributed by atoms with van der Waals surface area (Å²) in [6, 6.07) is 16.1. The summed E-state index contributed by atoms with van der Waals surface area (Å²) in [6.07, 6.45) is 0. The molecule has 2 heterocycles. The van der Waals surface area contributed by atoms with Crippen molar-refractivity contribution < 1.29 is 4.42 Å². The number of benzene rings is 2. The molecule has 116 valence electrons. The van der Waals surface area contributed by atoms with E-state index >= 15 is 0 Å². The van der Waals surface area contributed by atoms with E-state index in [1.165, 1.54) is 5.56 Å². The predicted molar refractivity (Wildman–Crippen MR) is 93.4 cm³/mol. The van der Waals surface area contributed by atoms with Gasteiger partial charge in [0.25, 0.3) is 0 Å². The average molecular weight is 305 g/mol. The molecule has 2 aromatic carbocycles. The number of hydrogen-bond donors (Lipinski definition) is 0. The van der Waals surface area contributed by atoms with Gasteiger partial charge in [0.1, 0.15) is 5.58 Å². The highest BCUT2D eigenvalue weighted by atomic mass is 16.4. The fraction of sp³-hybridized carbons (Fsp3) is 0.250. The Bertz CT molecular complexity index is 922. The van der Waals surface area contributed by atoms with E-state index in [2.05, 4.69) is 35.2 Å². The molecule has 0 atom stereocenters. The van der Waals surface area contributed by atoms with Gasteiger partial charge in [0.05, 0.1) is 5.39 Å². The van der Waals surface area contributed by atoms with E-state index in [0.717, 1.165) is 24.2 Å². The average Bonchev–Trinajstić information content (AvgIpc) is 2.48. The highest BCUT2D eigenvalue weighted by molar-refractivity contribution is 5.81. The molecule has 0 radical (unpaired) electrons. The summed E-state index contributed by atoms with van der Waals surface area (Å²) in [7, 11) is 0. The van der Waals surface area contributed by atoms with Crippen LogP contribution in [0.2, 0.25) is 0 Å². The molecule has 0 aliphatic carbocycles. The second kappa shape index (κ2) is 5.27. The zero-order valence-electron chi connectivity index (χ0n) is 13.4. The Hall–Kier alpha value is -2.55. The molecule has 1 aromatic heterocycles. The summed E-state index contributed by atoms with van der Waals surface area (Å²) in [6.45, 7) is 5.78. The zero-order chi connectivity index (χ0) is 16.0. The minimum Gasteiger partial charge on any atom is -0.440 e. The van der Waals surface area contributed by atoms with Crippen LogP contribution in [0, 0.1) is 13.8 Å². The molecule has 1 aliphatic rings. The first-order valence-electron chi connectivity index (χ1n) is 7.97. The zero-order valence-corrected chi connectivity index (χ0v) is 13.4. The number of fused-ring (bicyclic) bond motifs is 1. The van der Waals surface area contributed by atoms with Crippen molar-refractivity contribution in [3.8, 4) is 0 Å². The molecule has 23 heavy (non-hydrogen) atoms. The van der Waals surface area contributed by atoms with E-state index in [9.17, 15) is 4.79 Å². The van der Waals surface area contributed by atoms with E-state index in [1.807, 2.05) is 26.0 Å². The lowest BCUT2D eigenvalue weighted by atomic mass is 9.92. The van der Waals surface area contributed by atoms with Crippen LogP contribution >= 0.6 is 0 Å². The quantitative estimate of drug-likeness (QED) is 0.717. The summed E-state index contributed by atoms with van der Waals surface area (Å²) in [5.74, 6) is 1.19. The molecule has 0 unspecified atom stereocenters. The van der Waals surface area contributed by atoms with Crippen LogP contribution in [-0.4, -0.2) is 13.1 Å². The number of anilines is 1. The van der Waals surface area contributed by atoms with E-state index in [1.54, 1.807) is 6.07 Å². The molecule has 3 aromatic rings. The van der Waals surface area contributed by atoms with Crippen LogP contribution in [0.1, 0.15) is 22.6 Å². The first-order chi connectivity index (χ1) is 11.1. The summed E-state index contributed by atoms with van der Waals surface area (Å²) in [4.78, 5) is 14.6. The Morgan fingerprint density at radius 1 is 1.04 bits per heavy atom. The van der Waals surface area contributed by atoms with Gasteiger partial charge in [-0.15, -0.1) is 0 Å². The lowest BCUT2D eigenvalue weighted by Gasteiger charge is -2.39. The molecule has 0 N–H and O–H groups in total. The minimum atomic E-state index is 0.0382. The smallest absolute Gasteiger partial charge is 0.200 e. The van der Waals surface area contributed by atoms with Gasteiger partial charge in [0.2, 0.25) is 0 Å². The second-order valence-corrected chi connectivity index (χ2v) is 6.42. The Morgan fingerprint density at radius 3 is 2.52 bits per heavy atom. The van der Waals surface area contributed by atoms with Crippen molar-refractivity contribution in [3.63, 3.8) is 0 Å². The van der Waals surface area contributed by atoms with E-state index in [4.69, 9.17) is 4.42 Å². The van der Waals surface area contributed by atoms with Crippen LogP contribution in [-0.2, 0) is 0 Å². The van der Waals surface area contributed by atoms with Crippen molar-refractivity contribution in [1.29, 1.82) is 0 Å². The second-order valence-electron chi connectivity index (χ2n) is 6.42. The molecule has 0 spiro atoms. The predicted octanol–water partition coefficient (Wildman–Crippen LogP) is 4.01. The van der Waals surface area contributed by atoms with Crippen molar-refractivity contribution in [2.24, 2.45) is 0 Å². The first kappa shape index (κ1) is 14.1. The first-order valence-corrected chi connectivity index (χ1v) is 7.97.